The zero-order valence-electron chi connectivity index (χ0n) is 21.5. The van der Waals surface area contributed by atoms with Crippen molar-refractivity contribution in [2.75, 3.05) is 17.9 Å². The molecule has 38 heavy (non-hydrogen) atoms. The molecule has 0 saturated carbocycles. The van der Waals surface area contributed by atoms with Crippen molar-refractivity contribution in [1.29, 1.82) is 0 Å². The predicted molar refractivity (Wildman–Crippen MR) is 152 cm³/mol. The second kappa shape index (κ2) is 13.1. The second-order valence-electron chi connectivity index (χ2n) is 8.60. The summed E-state index contributed by atoms with van der Waals surface area (Å²) in [6, 6.07) is 19.0. The Morgan fingerprint density at radius 1 is 0.895 bits per heavy atom. The van der Waals surface area contributed by atoms with Crippen LogP contribution in [0.2, 0.25) is 10.0 Å². The molecule has 3 aromatic carbocycles. The fraction of sp³-hybridized carbons (Fsp3) is 0.286. The van der Waals surface area contributed by atoms with Gasteiger partial charge in [0.2, 0.25) is 11.8 Å². The lowest BCUT2D eigenvalue weighted by atomic mass is 10.1. The number of likely N-dealkylation sites (N-methyl/N-ethyl adjacent to an activating group) is 1. The van der Waals surface area contributed by atoms with Crippen LogP contribution in [0.4, 0.5) is 5.69 Å². The van der Waals surface area contributed by atoms with Gasteiger partial charge >= 0.3 is 0 Å². The number of rotatable bonds is 11. The molecule has 0 fully saturated rings. The van der Waals surface area contributed by atoms with E-state index in [1.807, 2.05) is 19.1 Å². The van der Waals surface area contributed by atoms with Crippen molar-refractivity contribution in [3.8, 4) is 0 Å². The fourth-order valence-corrected chi connectivity index (χ4v) is 6.04. The van der Waals surface area contributed by atoms with Gasteiger partial charge in [-0.05, 0) is 54.8 Å². The van der Waals surface area contributed by atoms with Gasteiger partial charge in [-0.1, -0.05) is 73.4 Å². The second-order valence-corrected chi connectivity index (χ2v) is 11.3. The molecule has 2 amide bonds. The summed E-state index contributed by atoms with van der Waals surface area (Å²) in [5.41, 5.74) is 1.83. The summed E-state index contributed by atoms with van der Waals surface area (Å²) in [7, 11) is -2.63. The summed E-state index contributed by atoms with van der Waals surface area (Å²) < 4.78 is 28.6. The van der Waals surface area contributed by atoms with Crippen molar-refractivity contribution in [2.24, 2.45) is 0 Å². The Morgan fingerprint density at radius 2 is 1.50 bits per heavy atom. The number of halogens is 2. The first-order chi connectivity index (χ1) is 18.1. The van der Waals surface area contributed by atoms with E-state index in [1.54, 1.807) is 55.5 Å². The average Bonchev–Trinajstić information content (AvgIpc) is 2.93. The minimum atomic E-state index is -4.12. The molecular formula is C28H31Cl2N3O4S. The molecule has 0 unspecified atom stereocenters. The zero-order valence-corrected chi connectivity index (χ0v) is 23.9. The number of hydrogen-bond donors (Lipinski definition) is 1. The maximum atomic E-state index is 13.9. The van der Waals surface area contributed by atoms with Gasteiger partial charge in [0.25, 0.3) is 10.0 Å². The summed E-state index contributed by atoms with van der Waals surface area (Å²) >= 11 is 12.8. The number of sulfonamides is 1. The highest BCUT2D eigenvalue weighted by Gasteiger charge is 2.34. The summed E-state index contributed by atoms with van der Waals surface area (Å²) in [6.45, 7) is 3.17. The normalized spacial score (nSPS) is 12.0. The first-order valence-corrected chi connectivity index (χ1v) is 14.4. The minimum absolute atomic E-state index is 0.0476. The lowest BCUT2D eigenvalue weighted by Crippen LogP contribution is -2.51. The molecule has 10 heteroatoms. The van der Waals surface area contributed by atoms with Crippen molar-refractivity contribution in [1.82, 2.24) is 10.2 Å². The number of nitrogens with zero attached hydrogens (tertiary/aromatic N) is 2. The van der Waals surface area contributed by atoms with Crippen molar-refractivity contribution >= 4 is 50.7 Å². The van der Waals surface area contributed by atoms with Gasteiger partial charge in [0.15, 0.2) is 0 Å². The van der Waals surface area contributed by atoms with Crippen molar-refractivity contribution in [3.63, 3.8) is 0 Å². The van der Waals surface area contributed by atoms with Crippen LogP contribution in [-0.2, 0) is 32.6 Å². The molecule has 0 radical (unpaired) electrons. The quantitative estimate of drug-likeness (QED) is 0.336. The lowest BCUT2D eigenvalue weighted by molar-refractivity contribution is -0.140. The Labute approximate surface area is 234 Å². The monoisotopic (exact) mass is 575 g/mol. The number of amides is 2. The van der Waals surface area contributed by atoms with Gasteiger partial charge in [0, 0.05) is 29.2 Å². The number of carbonyl (C=O) groups excluding carboxylic acids is 2. The van der Waals surface area contributed by atoms with E-state index in [2.05, 4.69) is 5.32 Å². The first kappa shape index (κ1) is 29.5. The van der Waals surface area contributed by atoms with Crippen LogP contribution in [0.1, 0.15) is 31.4 Å². The van der Waals surface area contributed by atoms with Crippen LogP contribution in [0, 0.1) is 0 Å². The molecule has 0 aromatic heterocycles. The van der Waals surface area contributed by atoms with E-state index in [0.717, 1.165) is 16.3 Å². The van der Waals surface area contributed by atoms with Crippen LogP contribution in [0.15, 0.2) is 77.7 Å². The molecule has 202 valence electrons. The summed E-state index contributed by atoms with van der Waals surface area (Å²) in [5.74, 6) is -0.954. The van der Waals surface area contributed by atoms with E-state index >= 15 is 0 Å². The van der Waals surface area contributed by atoms with Crippen molar-refractivity contribution < 1.29 is 18.0 Å². The number of nitrogens with one attached hydrogen (secondary N) is 1. The number of aryl methyl sites for hydroxylation is 1. The highest BCUT2D eigenvalue weighted by atomic mass is 35.5. The molecule has 3 rings (SSSR count). The minimum Gasteiger partial charge on any atom is -0.357 e. The molecule has 1 N–H and O–H groups in total. The Bertz CT molecular complexity index is 1350. The maximum absolute atomic E-state index is 13.9. The van der Waals surface area contributed by atoms with Crippen molar-refractivity contribution in [3.05, 3.63) is 94.0 Å². The van der Waals surface area contributed by atoms with E-state index in [1.165, 1.54) is 24.1 Å². The average molecular weight is 577 g/mol. The molecule has 0 saturated heterocycles. The molecular weight excluding hydrogens is 545 g/mol. The van der Waals surface area contributed by atoms with E-state index in [-0.39, 0.29) is 17.3 Å². The fourth-order valence-electron chi connectivity index (χ4n) is 4.09. The van der Waals surface area contributed by atoms with Gasteiger partial charge in [-0.2, -0.15) is 0 Å². The Hall–Kier alpha value is -3.07. The van der Waals surface area contributed by atoms with E-state index < -0.39 is 28.5 Å². The molecule has 0 aliphatic rings. The van der Waals surface area contributed by atoms with E-state index in [9.17, 15) is 18.0 Å². The van der Waals surface area contributed by atoms with Crippen LogP contribution in [0.5, 0.6) is 0 Å². The molecule has 0 heterocycles. The lowest BCUT2D eigenvalue weighted by Gasteiger charge is -2.33. The Morgan fingerprint density at radius 3 is 2.03 bits per heavy atom. The SMILES string of the molecule is CCc1ccc(N(CC(=O)N(Cc2c(Cl)cccc2Cl)[C@@H](CC)C(=O)NC)S(=O)(=O)c2ccccc2)cc1. The highest BCUT2D eigenvalue weighted by molar-refractivity contribution is 7.92. The molecule has 0 bridgehead atoms. The van der Waals surface area contributed by atoms with Gasteiger partial charge in [-0.3, -0.25) is 13.9 Å². The topological polar surface area (TPSA) is 86.8 Å². The molecule has 1 atom stereocenters. The number of anilines is 1. The predicted octanol–water partition coefficient (Wildman–Crippen LogP) is 5.30. The number of hydrogen-bond acceptors (Lipinski definition) is 4. The van der Waals surface area contributed by atoms with E-state index in [4.69, 9.17) is 23.2 Å². The highest BCUT2D eigenvalue weighted by Crippen LogP contribution is 2.29. The zero-order chi connectivity index (χ0) is 27.9. The molecule has 7 nitrogen and oxygen atoms in total. The number of benzene rings is 3. The maximum Gasteiger partial charge on any atom is 0.264 e. The third kappa shape index (κ3) is 6.67. The summed E-state index contributed by atoms with van der Waals surface area (Å²) in [5, 5.41) is 3.27. The smallest absolute Gasteiger partial charge is 0.264 e. The first-order valence-electron chi connectivity index (χ1n) is 12.2. The largest absolute Gasteiger partial charge is 0.357 e. The van der Waals surface area contributed by atoms with Crippen LogP contribution in [0.3, 0.4) is 0 Å². The van der Waals surface area contributed by atoms with Gasteiger partial charge in [0.1, 0.15) is 12.6 Å². The van der Waals surface area contributed by atoms with Gasteiger partial charge in [-0.25, -0.2) is 8.42 Å². The number of carbonyl (C=O) groups is 2. The molecule has 0 aliphatic heterocycles. The van der Waals surface area contributed by atoms with Gasteiger partial charge in [-0.15, -0.1) is 0 Å². The van der Waals surface area contributed by atoms with Crippen LogP contribution >= 0.6 is 23.2 Å². The molecule has 0 aliphatic carbocycles. The van der Waals surface area contributed by atoms with Crippen LogP contribution in [-0.4, -0.2) is 44.8 Å². The molecule has 0 spiro atoms. The van der Waals surface area contributed by atoms with Crippen molar-refractivity contribution in [2.45, 2.75) is 44.2 Å². The summed E-state index contributed by atoms with van der Waals surface area (Å²) in [4.78, 5) is 28.1. The van der Waals surface area contributed by atoms with Crippen LogP contribution in [0.25, 0.3) is 0 Å². The van der Waals surface area contributed by atoms with Crippen LogP contribution < -0.4 is 9.62 Å². The van der Waals surface area contributed by atoms with E-state index in [0.29, 0.717) is 27.7 Å². The Kier molecular flexibility index (Phi) is 10.2. The third-order valence-corrected chi connectivity index (χ3v) is 8.76. The summed E-state index contributed by atoms with van der Waals surface area (Å²) in [6.07, 6.45) is 1.07. The standard InChI is InChI=1S/C28H31Cl2N3O4S/c1-4-20-14-16-21(17-15-20)33(38(36,37)22-10-7-6-8-11-22)19-27(34)32(26(5-2)28(35)31-3)18-23-24(29)12-9-13-25(23)30/h6-17,26H,4-5,18-19H2,1-3H3,(H,31,35)/t26-/m0/s1. The molecule has 3 aromatic rings. The Balaban J connectivity index is 2.08. The van der Waals surface area contributed by atoms with Gasteiger partial charge < -0.3 is 10.2 Å². The van der Waals surface area contributed by atoms with Gasteiger partial charge in [0.05, 0.1) is 10.6 Å². The third-order valence-electron chi connectivity index (χ3n) is 6.27.